The highest BCUT2D eigenvalue weighted by Gasteiger charge is 2.26. The summed E-state index contributed by atoms with van der Waals surface area (Å²) >= 11 is 5.87. The molecule has 110 valence electrons. The number of aliphatic hydroxyl groups is 1. The minimum Gasteiger partial charge on any atom is -0.398 e. The first-order valence-electron chi connectivity index (χ1n) is 7.10. The average molecular weight is 297 g/mol. The summed E-state index contributed by atoms with van der Waals surface area (Å²) < 4.78 is 0. The van der Waals surface area contributed by atoms with Crippen molar-refractivity contribution in [2.24, 2.45) is 0 Å². The van der Waals surface area contributed by atoms with E-state index >= 15 is 0 Å². The molecule has 0 saturated heterocycles. The SMILES string of the molecule is Nc1cc(Cl)ccc1C(=O)N(CCO)C1CCCCC1. The Balaban J connectivity index is 2.21. The van der Waals surface area contributed by atoms with Gasteiger partial charge in [0.15, 0.2) is 0 Å². The first-order chi connectivity index (χ1) is 9.63. The van der Waals surface area contributed by atoms with Crippen LogP contribution >= 0.6 is 11.6 Å². The summed E-state index contributed by atoms with van der Waals surface area (Å²) in [5.41, 5.74) is 6.75. The van der Waals surface area contributed by atoms with Gasteiger partial charge in [-0.25, -0.2) is 0 Å². The van der Waals surface area contributed by atoms with E-state index in [9.17, 15) is 9.90 Å². The molecule has 1 saturated carbocycles. The van der Waals surface area contributed by atoms with Crippen LogP contribution in [0.25, 0.3) is 0 Å². The number of halogens is 1. The lowest BCUT2D eigenvalue weighted by Crippen LogP contribution is -2.43. The first kappa shape index (κ1) is 15.1. The van der Waals surface area contributed by atoms with Crippen molar-refractivity contribution < 1.29 is 9.90 Å². The van der Waals surface area contributed by atoms with Gasteiger partial charge in [-0.15, -0.1) is 0 Å². The van der Waals surface area contributed by atoms with Crippen molar-refractivity contribution in [2.75, 3.05) is 18.9 Å². The van der Waals surface area contributed by atoms with E-state index in [2.05, 4.69) is 0 Å². The lowest BCUT2D eigenvalue weighted by atomic mass is 9.93. The maximum Gasteiger partial charge on any atom is 0.256 e. The second-order valence-corrected chi connectivity index (χ2v) is 5.68. The van der Waals surface area contributed by atoms with Crippen molar-refractivity contribution in [2.45, 2.75) is 38.1 Å². The Bertz CT molecular complexity index is 473. The lowest BCUT2D eigenvalue weighted by molar-refractivity contribution is 0.0586. The summed E-state index contributed by atoms with van der Waals surface area (Å²) in [6.07, 6.45) is 5.49. The number of hydrogen-bond acceptors (Lipinski definition) is 3. The van der Waals surface area contributed by atoms with Gasteiger partial charge in [-0.05, 0) is 31.0 Å². The Morgan fingerprint density at radius 2 is 2.05 bits per heavy atom. The fraction of sp³-hybridized carbons (Fsp3) is 0.533. The van der Waals surface area contributed by atoms with Gasteiger partial charge in [0.2, 0.25) is 0 Å². The van der Waals surface area contributed by atoms with Crippen molar-refractivity contribution >= 4 is 23.2 Å². The molecule has 3 N–H and O–H groups in total. The van der Waals surface area contributed by atoms with E-state index in [4.69, 9.17) is 17.3 Å². The average Bonchev–Trinajstić information content (AvgIpc) is 2.45. The highest BCUT2D eigenvalue weighted by atomic mass is 35.5. The summed E-state index contributed by atoms with van der Waals surface area (Å²) in [6.45, 7) is 0.321. The van der Waals surface area contributed by atoms with Crippen LogP contribution in [0.3, 0.4) is 0 Å². The van der Waals surface area contributed by atoms with Crippen LogP contribution in [0, 0.1) is 0 Å². The molecule has 0 aliphatic heterocycles. The van der Waals surface area contributed by atoms with Crippen LogP contribution in [0.4, 0.5) is 5.69 Å². The van der Waals surface area contributed by atoms with E-state index in [-0.39, 0.29) is 18.6 Å². The third kappa shape index (κ3) is 3.44. The predicted molar refractivity (Wildman–Crippen MR) is 80.9 cm³/mol. The van der Waals surface area contributed by atoms with Gasteiger partial charge in [0.1, 0.15) is 0 Å². The smallest absolute Gasteiger partial charge is 0.256 e. The lowest BCUT2D eigenvalue weighted by Gasteiger charge is -2.34. The van der Waals surface area contributed by atoms with E-state index in [0.717, 1.165) is 25.7 Å². The molecule has 0 atom stereocenters. The second kappa shape index (κ2) is 6.95. The van der Waals surface area contributed by atoms with Crippen LogP contribution in [0.1, 0.15) is 42.5 Å². The molecule has 1 aliphatic carbocycles. The zero-order chi connectivity index (χ0) is 14.5. The van der Waals surface area contributed by atoms with Gasteiger partial charge < -0.3 is 15.7 Å². The molecule has 4 nitrogen and oxygen atoms in total. The van der Waals surface area contributed by atoms with Crippen LogP contribution in [-0.2, 0) is 0 Å². The highest BCUT2D eigenvalue weighted by molar-refractivity contribution is 6.31. The number of rotatable bonds is 4. The summed E-state index contributed by atoms with van der Waals surface area (Å²) in [7, 11) is 0. The number of aliphatic hydroxyl groups excluding tert-OH is 1. The van der Waals surface area contributed by atoms with Gasteiger partial charge in [-0.3, -0.25) is 4.79 Å². The predicted octanol–water partition coefficient (Wildman–Crippen LogP) is 2.69. The number of hydrogen-bond donors (Lipinski definition) is 2. The van der Waals surface area contributed by atoms with Gasteiger partial charge in [-0.2, -0.15) is 0 Å². The highest BCUT2D eigenvalue weighted by Crippen LogP contribution is 2.26. The number of benzene rings is 1. The molecule has 20 heavy (non-hydrogen) atoms. The molecule has 1 aromatic carbocycles. The minimum absolute atomic E-state index is 0.0320. The van der Waals surface area contributed by atoms with E-state index in [0.29, 0.717) is 22.8 Å². The number of nitrogen functional groups attached to an aromatic ring is 1. The number of nitrogens with zero attached hydrogens (tertiary/aromatic N) is 1. The Labute approximate surface area is 124 Å². The van der Waals surface area contributed by atoms with Gasteiger partial charge in [0.05, 0.1) is 12.2 Å². The summed E-state index contributed by atoms with van der Waals surface area (Å²) in [5, 5.41) is 9.75. The number of nitrogens with two attached hydrogens (primary N) is 1. The summed E-state index contributed by atoms with van der Waals surface area (Å²) in [4.78, 5) is 14.4. The van der Waals surface area contributed by atoms with E-state index in [1.165, 1.54) is 6.42 Å². The molecular formula is C15H21ClN2O2. The van der Waals surface area contributed by atoms with E-state index in [1.54, 1.807) is 23.1 Å². The van der Waals surface area contributed by atoms with E-state index in [1.807, 2.05) is 0 Å². The van der Waals surface area contributed by atoms with Gasteiger partial charge in [-0.1, -0.05) is 30.9 Å². The van der Waals surface area contributed by atoms with Gasteiger partial charge >= 0.3 is 0 Å². The fourth-order valence-corrected chi connectivity index (χ4v) is 3.01. The van der Waals surface area contributed by atoms with Gasteiger partial charge in [0.25, 0.3) is 5.91 Å². The molecule has 0 aromatic heterocycles. The zero-order valence-corrected chi connectivity index (χ0v) is 12.3. The number of amides is 1. The molecule has 1 fully saturated rings. The molecule has 0 spiro atoms. The Hall–Kier alpha value is -1.26. The Kier molecular flexibility index (Phi) is 5.26. The standard InChI is InChI=1S/C15H21ClN2O2/c16-11-6-7-13(14(17)10-11)15(20)18(8-9-19)12-4-2-1-3-5-12/h6-7,10,12,19H,1-5,8-9,17H2. The molecule has 0 radical (unpaired) electrons. The van der Waals surface area contributed by atoms with Crippen molar-refractivity contribution in [3.63, 3.8) is 0 Å². The Morgan fingerprint density at radius 1 is 1.35 bits per heavy atom. The van der Waals surface area contributed by atoms with Crippen LogP contribution in [-0.4, -0.2) is 35.1 Å². The number of anilines is 1. The number of carbonyl (C=O) groups excluding carboxylic acids is 1. The van der Waals surface area contributed by atoms with Crippen LogP contribution < -0.4 is 5.73 Å². The fourth-order valence-electron chi connectivity index (χ4n) is 2.83. The Morgan fingerprint density at radius 3 is 2.65 bits per heavy atom. The summed E-state index contributed by atoms with van der Waals surface area (Å²) in [6, 6.07) is 5.13. The third-order valence-corrected chi connectivity index (χ3v) is 4.10. The molecule has 0 bridgehead atoms. The molecule has 0 heterocycles. The van der Waals surface area contributed by atoms with Crippen LogP contribution in [0.2, 0.25) is 5.02 Å². The molecule has 1 amide bonds. The maximum absolute atomic E-state index is 12.7. The molecule has 5 heteroatoms. The quantitative estimate of drug-likeness (QED) is 0.840. The van der Waals surface area contributed by atoms with Gasteiger partial charge in [0, 0.05) is 23.3 Å². The number of carbonyl (C=O) groups is 1. The van der Waals surface area contributed by atoms with Crippen molar-refractivity contribution in [3.05, 3.63) is 28.8 Å². The molecule has 2 rings (SSSR count). The van der Waals surface area contributed by atoms with Crippen molar-refractivity contribution in [1.82, 2.24) is 4.90 Å². The maximum atomic E-state index is 12.7. The zero-order valence-electron chi connectivity index (χ0n) is 11.5. The second-order valence-electron chi connectivity index (χ2n) is 5.25. The topological polar surface area (TPSA) is 66.6 Å². The van der Waals surface area contributed by atoms with Crippen molar-refractivity contribution in [1.29, 1.82) is 0 Å². The monoisotopic (exact) mass is 296 g/mol. The third-order valence-electron chi connectivity index (χ3n) is 3.86. The first-order valence-corrected chi connectivity index (χ1v) is 7.48. The molecular weight excluding hydrogens is 276 g/mol. The minimum atomic E-state index is -0.111. The normalized spacial score (nSPS) is 16.1. The summed E-state index contributed by atoms with van der Waals surface area (Å²) in [5.74, 6) is -0.111. The van der Waals surface area contributed by atoms with Crippen LogP contribution in [0.5, 0.6) is 0 Å². The molecule has 1 aromatic rings. The molecule has 0 unspecified atom stereocenters. The molecule has 1 aliphatic rings. The largest absolute Gasteiger partial charge is 0.398 e. The van der Waals surface area contributed by atoms with Crippen molar-refractivity contribution in [3.8, 4) is 0 Å². The van der Waals surface area contributed by atoms with Crippen LogP contribution in [0.15, 0.2) is 18.2 Å². The van der Waals surface area contributed by atoms with E-state index < -0.39 is 0 Å².